The number of nitrogens with one attached hydrogen (secondary N) is 1. The number of amides is 2. The minimum atomic E-state index is -3.78. The van der Waals surface area contributed by atoms with Gasteiger partial charge in [-0.3, -0.25) is 13.9 Å². The van der Waals surface area contributed by atoms with Crippen molar-refractivity contribution in [2.45, 2.75) is 77.9 Å². The van der Waals surface area contributed by atoms with E-state index in [9.17, 15) is 18.0 Å². The molecule has 0 radical (unpaired) electrons. The number of halogens is 1. The molecule has 202 valence electrons. The van der Waals surface area contributed by atoms with Gasteiger partial charge in [0.25, 0.3) is 0 Å². The number of benzene rings is 2. The summed E-state index contributed by atoms with van der Waals surface area (Å²) in [6.07, 6.45) is 6.64. The average molecular weight is 548 g/mol. The fourth-order valence-electron chi connectivity index (χ4n) is 4.98. The molecule has 37 heavy (non-hydrogen) atoms. The number of rotatable bonds is 10. The van der Waals surface area contributed by atoms with Crippen molar-refractivity contribution in [3.8, 4) is 0 Å². The zero-order valence-corrected chi connectivity index (χ0v) is 23.7. The van der Waals surface area contributed by atoms with Gasteiger partial charge in [0, 0.05) is 17.6 Å². The fraction of sp³-hybridized carbons (Fsp3) is 0.500. The monoisotopic (exact) mass is 547 g/mol. The van der Waals surface area contributed by atoms with Crippen LogP contribution in [0, 0.1) is 13.8 Å². The maximum absolute atomic E-state index is 13.9. The Labute approximate surface area is 226 Å². The molecule has 7 nitrogen and oxygen atoms in total. The number of carbonyl (C=O) groups is 2. The van der Waals surface area contributed by atoms with Crippen molar-refractivity contribution < 1.29 is 18.0 Å². The summed E-state index contributed by atoms with van der Waals surface area (Å²) < 4.78 is 26.7. The molecule has 3 rings (SSSR count). The van der Waals surface area contributed by atoms with Crippen LogP contribution in [0.1, 0.15) is 62.1 Å². The van der Waals surface area contributed by atoms with E-state index in [0.717, 1.165) is 47.4 Å². The molecular formula is C28H38ClN3O4S. The predicted octanol–water partition coefficient (Wildman–Crippen LogP) is 4.98. The van der Waals surface area contributed by atoms with Crippen molar-refractivity contribution in [1.29, 1.82) is 0 Å². The molecule has 2 aromatic carbocycles. The Morgan fingerprint density at radius 3 is 2.24 bits per heavy atom. The molecule has 1 aliphatic carbocycles. The highest BCUT2D eigenvalue weighted by atomic mass is 35.5. The maximum atomic E-state index is 13.9. The summed E-state index contributed by atoms with van der Waals surface area (Å²) in [5.41, 5.74) is 2.90. The van der Waals surface area contributed by atoms with Gasteiger partial charge in [-0.2, -0.15) is 0 Å². The zero-order valence-electron chi connectivity index (χ0n) is 22.2. The van der Waals surface area contributed by atoms with Gasteiger partial charge < -0.3 is 10.2 Å². The van der Waals surface area contributed by atoms with Gasteiger partial charge in [0.05, 0.1) is 11.9 Å². The van der Waals surface area contributed by atoms with Crippen molar-refractivity contribution in [3.05, 3.63) is 64.2 Å². The van der Waals surface area contributed by atoms with E-state index in [4.69, 9.17) is 11.6 Å². The molecule has 0 aliphatic heterocycles. The minimum absolute atomic E-state index is 0.0929. The number of nitrogens with zero attached hydrogens (tertiary/aromatic N) is 2. The Kier molecular flexibility index (Phi) is 10.0. The first kappa shape index (κ1) is 29.0. The van der Waals surface area contributed by atoms with Gasteiger partial charge in [-0.25, -0.2) is 8.42 Å². The molecule has 0 spiro atoms. The molecule has 0 aromatic heterocycles. The number of carbonyl (C=O) groups excluding carboxylic acids is 2. The number of anilines is 1. The molecule has 1 aliphatic rings. The van der Waals surface area contributed by atoms with E-state index in [2.05, 4.69) is 5.32 Å². The van der Waals surface area contributed by atoms with E-state index in [-0.39, 0.29) is 18.5 Å². The summed E-state index contributed by atoms with van der Waals surface area (Å²) in [4.78, 5) is 28.8. The van der Waals surface area contributed by atoms with Crippen molar-refractivity contribution >= 4 is 39.1 Å². The Morgan fingerprint density at radius 1 is 1.05 bits per heavy atom. The molecule has 0 heterocycles. The molecule has 1 atom stereocenters. The van der Waals surface area contributed by atoms with Crippen LogP contribution in [0.15, 0.2) is 42.5 Å². The third-order valence-corrected chi connectivity index (χ3v) is 8.32. The molecule has 2 amide bonds. The van der Waals surface area contributed by atoms with E-state index in [0.29, 0.717) is 22.7 Å². The van der Waals surface area contributed by atoms with E-state index in [1.807, 2.05) is 39.0 Å². The highest BCUT2D eigenvalue weighted by molar-refractivity contribution is 7.92. The van der Waals surface area contributed by atoms with Crippen molar-refractivity contribution in [1.82, 2.24) is 10.2 Å². The van der Waals surface area contributed by atoms with Crippen molar-refractivity contribution in [3.63, 3.8) is 0 Å². The SMILES string of the molecule is CC[C@@H](C(=O)NC1CCCCC1)N(Cc1ccccc1Cl)C(=O)CN(c1cc(C)cc(C)c1)S(C)(=O)=O. The number of aryl methyl sites for hydroxylation is 2. The molecule has 1 saturated carbocycles. The largest absolute Gasteiger partial charge is 0.352 e. The van der Waals surface area contributed by atoms with E-state index in [1.165, 1.54) is 11.3 Å². The summed E-state index contributed by atoms with van der Waals surface area (Å²) in [6, 6.07) is 11.9. The van der Waals surface area contributed by atoms with Crippen LogP contribution in [-0.2, 0) is 26.2 Å². The predicted molar refractivity (Wildman–Crippen MR) is 149 cm³/mol. The van der Waals surface area contributed by atoms with Crippen LogP contribution in [0.2, 0.25) is 5.02 Å². The molecule has 9 heteroatoms. The molecular weight excluding hydrogens is 510 g/mol. The Morgan fingerprint density at radius 2 is 1.68 bits per heavy atom. The maximum Gasteiger partial charge on any atom is 0.244 e. The topological polar surface area (TPSA) is 86.8 Å². The number of hydrogen-bond donors (Lipinski definition) is 1. The van der Waals surface area contributed by atoms with Gasteiger partial charge in [-0.15, -0.1) is 0 Å². The average Bonchev–Trinajstić information content (AvgIpc) is 2.82. The molecule has 1 fully saturated rings. The summed E-state index contributed by atoms with van der Waals surface area (Å²) in [6.45, 7) is 5.30. The second kappa shape index (κ2) is 12.8. The van der Waals surface area contributed by atoms with Gasteiger partial charge in [-0.1, -0.05) is 62.1 Å². The lowest BCUT2D eigenvalue weighted by atomic mass is 9.95. The number of hydrogen-bond acceptors (Lipinski definition) is 4. The van der Waals surface area contributed by atoms with Crippen LogP contribution < -0.4 is 9.62 Å². The van der Waals surface area contributed by atoms with Crippen molar-refractivity contribution in [2.75, 3.05) is 17.1 Å². The quantitative estimate of drug-likeness (QED) is 0.454. The normalized spacial score (nSPS) is 15.2. The first-order chi connectivity index (χ1) is 17.5. The third kappa shape index (κ3) is 7.95. The zero-order chi connectivity index (χ0) is 27.2. The smallest absolute Gasteiger partial charge is 0.244 e. The first-order valence-electron chi connectivity index (χ1n) is 12.9. The van der Waals surface area contributed by atoms with Gasteiger partial charge in [0.1, 0.15) is 12.6 Å². The molecule has 0 unspecified atom stereocenters. The summed E-state index contributed by atoms with van der Waals surface area (Å²) >= 11 is 6.42. The van der Waals surface area contributed by atoms with Gasteiger partial charge in [0.2, 0.25) is 21.8 Å². The van der Waals surface area contributed by atoms with E-state index >= 15 is 0 Å². The van der Waals surface area contributed by atoms with E-state index < -0.39 is 28.5 Å². The van der Waals surface area contributed by atoms with E-state index in [1.54, 1.807) is 24.3 Å². The van der Waals surface area contributed by atoms with Gasteiger partial charge >= 0.3 is 0 Å². The van der Waals surface area contributed by atoms with Crippen LogP contribution in [0.25, 0.3) is 0 Å². The highest BCUT2D eigenvalue weighted by Gasteiger charge is 2.33. The third-order valence-electron chi connectivity index (χ3n) is 6.81. The van der Waals surface area contributed by atoms with Crippen LogP contribution >= 0.6 is 11.6 Å². The summed E-state index contributed by atoms with van der Waals surface area (Å²) in [5, 5.41) is 3.62. The van der Waals surface area contributed by atoms with Crippen molar-refractivity contribution in [2.24, 2.45) is 0 Å². The Balaban J connectivity index is 1.94. The van der Waals surface area contributed by atoms with Gasteiger partial charge in [-0.05, 0) is 68.0 Å². The summed E-state index contributed by atoms with van der Waals surface area (Å²) in [7, 11) is -3.78. The standard InChI is InChI=1S/C28H38ClN3O4S/c1-5-26(28(34)30-23-12-7-6-8-13-23)31(18-22-11-9-10-14-25(22)29)27(33)19-32(37(4,35)36)24-16-20(2)15-21(3)17-24/h9-11,14-17,23,26H,5-8,12-13,18-19H2,1-4H3,(H,30,34)/t26-/m0/s1. The number of sulfonamides is 1. The van der Waals surface area contributed by atoms with Crippen LogP contribution in [-0.4, -0.2) is 50.0 Å². The second-order valence-corrected chi connectivity index (χ2v) is 12.3. The van der Waals surface area contributed by atoms with Gasteiger partial charge in [0.15, 0.2) is 0 Å². The molecule has 2 aromatic rings. The van der Waals surface area contributed by atoms with Crippen LogP contribution in [0.5, 0.6) is 0 Å². The Hall–Kier alpha value is -2.58. The lowest BCUT2D eigenvalue weighted by Crippen LogP contribution is -2.54. The summed E-state index contributed by atoms with van der Waals surface area (Å²) in [5.74, 6) is -0.678. The molecule has 1 N–H and O–H groups in total. The minimum Gasteiger partial charge on any atom is -0.352 e. The lowest BCUT2D eigenvalue weighted by molar-refractivity contribution is -0.140. The second-order valence-electron chi connectivity index (χ2n) is 10.00. The van der Waals surface area contributed by atoms with Crippen LogP contribution in [0.3, 0.4) is 0 Å². The molecule has 0 bridgehead atoms. The first-order valence-corrected chi connectivity index (χ1v) is 15.1. The highest BCUT2D eigenvalue weighted by Crippen LogP contribution is 2.24. The van der Waals surface area contributed by atoms with Crippen LogP contribution in [0.4, 0.5) is 5.69 Å². The Bertz CT molecular complexity index is 1190. The molecule has 0 saturated heterocycles. The lowest BCUT2D eigenvalue weighted by Gasteiger charge is -2.34. The fourth-order valence-corrected chi connectivity index (χ4v) is 6.01.